The maximum absolute atomic E-state index is 11.0. The molecule has 1 aliphatic heterocycles. The van der Waals surface area contributed by atoms with Crippen LogP contribution in [0.5, 0.6) is 0 Å². The zero-order valence-electron chi connectivity index (χ0n) is 10.6. The third-order valence-corrected chi connectivity index (χ3v) is 3.66. The Bertz CT molecular complexity index is 464. The molecule has 0 bridgehead atoms. The molecule has 0 aliphatic carbocycles. The molecule has 0 amide bonds. The highest BCUT2D eigenvalue weighted by Crippen LogP contribution is 2.32. The van der Waals surface area contributed by atoms with Gasteiger partial charge in [-0.25, -0.2) is 9.78 Å². The van der Waals surface area contributed by atoms with Gasteiger partial charge < -0.3 is 10.0 Å². The number of carboxylic acid groups (broad SMARTS) is 1. The van der Waals surface area contributed by atoms with Gasteiger partial charge in [-0.05, 0) is 30.4 Å². The van der Waals surface area contributed by atoms with Crippen LogP contribution in [0.2, 0.25) is 5.15 Å². The van der Waals surface area contributed by atoms with Gasteiger partial charge in [0.05, 0.1) is 5.56 Å². The minimum Gasteiger partial charge on any atom is -0.478 e. The van der Waals surface area contributed by atoms with Crippen molar-refractivity contribution in [3.8, 4) is 0 Å². The Morgan fingerprint density at radius 3 is 2.56 bits per heavy atom. The van der Waals surface area contributed by atoms with Gasteiger partial charge in [-0.1, -0.05) is 25.4 Å². The molecular formula is C13H17ClN2O2. The van der Waals surface area contributed by atoms with Crippen molar-refractivity contribution in [2.45, 2.75) is 26.7 Å². The number of rotatable bonds is 2. The first-order chi connectivity index (χ1) is 8.37. The summed E-state index contributed by atoms with van der Waals surface area (Å²) in [7, 11) is 0. The van der Waals surface area contributed by atoms with Gasteiger partial charge in [-0.3, -0.25) is 0 Å². The number of pyridine rings is 1. The molecule has 1 fully saturated rings. The first-order valence-electron chi connectivity index (χ1n) is 6.03. The van der Waals surface area contributed by atoms with E-state index < -0.39 is 5.97 Å². The summed E-state index contributed by atoms with van der Waals surface area (Å²) in [5.74, 6) is -0.312. The third kappa shape index (κ3) is 2.93. The first kappa shape index (κ1) is 13.1. The summed E-state index contributed by atoms with van der Waals surface area (Å²) in [5, 5.41) is 9.24. The summed E-state index contributed by atoms with van der Waals surface area (Å²) in [4.78, 5) is 17.3. The lowest BCUT2D eigenvalue weighted by atomic mass is 9.83. The number of aromatic nitrogens is 1. The number of carboxylic acids is 1. The fourth-order valence-electron chi connectivity index (χ4n) is 2.11. The first-order valence-corrected chi connectivity index (χ1v) is 6.41. The lowest BCUT2D eigenvalue weighted by molar-refractivity contribution is 0.0696. The molecule has 1 N–H and O–H groups in total. The Labute approximate surface area is 112 Å². The summed E-state index contributed by atoms with van der Waals surface area (Å²) in [6, 6.07) is 2.97. The zero-order chi connectivity index (χ0) is 13.3. The van der Waals surface area contributed by atoms with E-state index in [4.69, 9.17) is 16.7 Å². The fraction of sp³-hybridized carbons (Fsp3) is 0.538. The Morgan fingerprint density at radius 1 is 1.39 bits per heavy atom. The SMILES string of the molecule is CC1(C)CCN(c2cc(C(=O)O)cc(Cl)n2)CC1. The van der Waals surface area contributed by atoms with Crippen molar-refractivity contribution in [1.82, 2.24) is 4.98 Å². The predicted molar refractivity (Wildman–Crippen MR) is 71.4 cm³/mol. The summed E-state index contributed by atoms with van der Waals surface area (Å²) < 4.78 is 0. The Hall–Kier alpha value is -1.29. The third-order valence-electron chi connectivity index (χ3n) is 3.47. The molecule has 18 heavy (non-hydrogen) atoms. The molecular weight excluding hydrogens is 252 g/mol. The van der Waals surface area contributed by atoms with E-state index in [1.54, 1.807) is 6.07 Å². The van der Waals surface area contributed by atoms with Gasteiger partial charge in [0.2, 0.25) is 0 Å². The number of hydrogen-bond acceptors (Lipinski definition) is 3. The van der Waals surface area contributed by atoms with Crippen molar-refractivity contribution in [1.29, 1.82) is 0 Å². The second-order valence-corrected chi connectivity index (χ2v) is 5.88. The maximum atomic E-state index is 11.0. The van der Waals surface area contributed by atoms with E-state index in [-0.39, 0.29) is 10.7 Å². The van der Waals surface area contributed by atoms with E-state index in [9.17, 15) is 4.79 Å². The maximum Gasteiger partial charge on any atom is 0.335 e. The van der Waals surface area contributed by atoms with Crippen LogP contribution < -0.4 is 4.90 Å². The molecule has 1 saturated heterocycles. The summed E-state index contributed by atoms with van der Waals surface area (Å²) in [6.07, 6.45) is 2.15. The van der Waals surface area contributed by atoms with Crippen LogP contribution in [0, 0.1) is 5.41 Å². The Kier molecular flexibility index (Phi) is 3.48. The van der Waals surface area contributed by atoms with Crippen LogP contribution in [0.25, 0.3) is 0 Å². The van der Waals surface area contributed by atoms with Crippen LogP contribution in [0.4, 0.5) is 5.82 Å². The number of hydrogen-bond donors (Lipinski definition) is 1. The monoisotopic (exact) mass is 268 g/mol. The number of carbonyl (C=O) groups is 1. The lowest BCUT2D eigenvalue weighted by Crippen LogP contribution is -2.37. The molecule has 2 rings (SSSR count). The van der Waals surface area contributed by atoms with E-state index >= 15 is 0 Å². The van der Waals surface area contributed by atoms with Crippen LogP contribution in [-0.2, 0) is 0 Å². The highest BCUT2D eigenvalue weighted by Gasteiger charge is 2.26. The largest absolute Gasteiger partial charge is 0.478 e. The van der Waals surface area contributed by atoms with Crippen LogP contribution in [-0.4, -0.2) is 29.1 Å². The van der Waals surface area contributed by atoms with Gasteiger partial charge in [0.15, 0.2) is 0 Å². The van der Waals surface area contributed by atoms with E-state index in [0.29, 0.717) is 11.2 Å². The molecule has 1 aromatic rings. The van der Waals surface area contributed by atoms with E-state index in [2.05, 4.69) is 23.7 Å². The van der Waals surface area contributed by atoms with Gasteiger partial charge in [0.1, 0.15) is 11.0 Å². The lowest BCUT2D eigenvalue weighted by Gasteiger charge is -2.37. The van der Waals surface area contributed by atoms with Crippen LogP contribution in [0.15, 0.2) is 12.1 Å². The molecule has 0 spiro atoms. The Balaban J connectivity index is 2.21. The molecule has 0 saturated carbocycles. The van der Waals surface area contributed by atoms with Crippen LogP contribution >= 0.6 is 11.6 Å². The second-order valence-electron chi connectivity index (χ2n) is 5.49. The summed E-state index contributed by atoms with van der Waals surface area (Å²) in [6.45, 7) is 6.27. The molecule has 1 aromatic heterocycles. The average molecular weight is 269 g/mol. The minimum absolute atomic E-state index is 0.190. The van der Waals surface area contributed by atoms with Crippen molar-refractivity contribution in [2.24, 2.45) is 5.41 Å². The molecule has 4 nitrogen and oxygen atoms in total. The van der Waals surface area contributed by atoms with Gasteiger partial charge in [-0.15, -0.1) is 0 Å². The van der Waals surface area contributed by atoms with Crippen LogP contribution in [0.3, 0.4) is 0 Å². The van der Waals surface area contributed by atoms with Crippen molar-refractivity contribution in [2.75, 3.05) is 18.0 Å². The quantitative estimate of drug-likeness (QED) is 0.838. The molecule has 0 aromatic carbocycles. The standard InChI is InChI=1S/C13H17ClN2O2/c1-13(2)3-5-16(6-4-13)11-8-9(12(17)18)7-10(14)15-11/h7-8H,3-6H2,1-2H3,(H,17,18). The molecule has 0 unspecified atom stereocenters. The predicted octanol–water partition coefficient (Wildman–Crippen LogP) is 3.06. The number of nitrogens with zero attached hydrogens (tertiary/aromatic N) is 2. The van der Waals surface area contributed by atoms with Crippen molar-refractivity contribution in [3.05, 3.63) is 22.8 Å². The molecule has 0 radical (unpaired) electrons. The normalized spacial score (nSPS) is 18.7. The van der Waals surface area contributed by atoms with E-state index in [0.717, 1.165) is 25.9 Å². The number of piperidine rings is 1. The van der Waals surface area contributed by atoms with Crippen molar-refractivity contribution >= 4 is 23.4 Å². The zero-order valence-corrected chi connectivity index (χ0v) is 11.4. The molecule has 98 valence electrons. The van der Waals surface area contributed by atoms with Gasteiger partial charge in [-0.2, -0.15) is 0 Å². The smallest absolute Gasteiger partial charge is 0.335 e. The summed E-state index contributed by atoms with van der Waals surface area (Å²) in [5.41, 5.74) is 0.542. The number of halogens is 1. The number of aromatic carboxylic acids is 1. The highest BCUT2D eigenvalue weighted by molar-refractivity contribution is 6.29. The summed E-state index contributed by atoms with van der Waals surface area (Å²) >= 11 is 5.87. The highest BCUT2D eigenvalue weighted by atomic mass is 35.5. The second kappa shape index (κ2) is 4.76. The topological polar surface area (TPSA) is 53.4 Å². The fourth-order valence-corrected chi connectivity index (χ4v) is 2.31. The average Bonchev–Trinajstić information content (AvgIpc) is 2.28. The van der Waals surface area contributed by atoms with E-state index in [1.807, 2.05) is 0 Å². The van der Waals surface area contributed by atoms with Crippen LogP contribution in [0.1, 0.15) is 37.0 Å². The number of anilines is 1. The van der Waals surface area contributed by atoms with Crippen molar-refractivity contribution < 1.29 is 9.90 Å². The molecule has 1 aliphatic rings. The molecule has 2 heterocycles. The van der Waals surface area contributed by atoms with Crippen molar-refractivity contribution in [3.63, 3.8) is 0 Å². The molecule has 0 atom stereocenters. The van der Waals surface area contributed by atoms with Gasteiger partial charge in [0, 0.05) is 13.1 Å². The Morgan fingerprint density at radius 2 is 2.00 bits per heavy atom. The van der Waals surface area contributed by atoms with Gasteiger partial charge >= 0.3 is 5.97 Å². The minimum atomic E-state index is -0.974. The molecule has 5 heteroatoms. The van der Waals surface area contributed by atoms with E-state index in [1.165, 1.54) is 6.07 Å². The van der Waals surface area contributed by atoms with Gasteiger partial charge in [0.25, 0.3) is 0 Å².